The zero-order valence-corrected chi connectivity index (χ0v) is 11.1. The number of phenolic OH excluding ortho intramolecular Hbond substituents is 1. The summed E-state index contributed by atoms with van der Waals surface area (Å²) in [6.07, 6.45) is 0. The van der Waals surface area contributed by atoms with Crippen LogP contribution in [-0.4, -0.2) is 16.2 Å². The van der Waals surface area contributed by atoms with Crippen LogP contribution in [0.15, 0.2) is 48.5 Å². The number of carbonyl (C=O) groups is 1. The molecule has 1 unspecified atom stereocenters. The highest BCUT2D eigenvalue weighted by Gasteiger charge is 2.37. The molecule has 0 saturated heterocycles. The molecule has 0 spiro atoms. The summed E-state index contributed by atoms with van der Waals surface area (Å²) in [5, 5.41) is 19.2. The molecule has 2 aromatic carbocycles. The van der Waals surface area contributed by atoms with Crippen molar-refractivity contribution in [3.8, 4) is 5.75 Å². The lowest BCUT2D eigenvalue weighted by molar-refractivity contribution is -0.141. The predicted octanol–water partition coefficient (Wildman–Crippen LogP) is 3.44. The van der Waals surface area contributed by atoms with Crippen molar-refractivity contribution in [2.24, 2.45) is 0 Å². The van der Waals surface area contributed by atoms with Gasteiger partial charge in [0.15, 0.2) is 0 Å². The van der Waals surface area contributed by atoms with Crippen LogP contribution in [0.3, 0.4) is 0 Å². The normalized spacial score (nSPS) is 13.8. The van der Waals surface area contributed by atoms with Gasteiger partial charge in [0.05, 0.1) is 5.02 Å². The molecule has 0 saturated carbocycles. The number of rotatable bonds is 3. The van der Waals surface area contributed by atoms with Gasteiger partial charge < -0.3 is 10.2 Å². The van der Waals surface area contributed by atoms with E-state index < -0.39 is 11.4 Å². The second kappa shape index (κ2) is 4.94. The molecule has 0 fully saturated rings. The quantitative estimate of drug-likeness (QED) is 0.903. The van der Waals surface area contributed by atoms with Crippen molar-refractivity contribution in [1.82, 2.24) is 0 Å². The molecular formula is C15H13ClO3. The lowest BCUT2D eigenvalue weighted by Gasteiger charge is -2.26. The van der Waals surface area contributed by atoms with E-state index in [1.54, 1.807) is 37.3 Å². The van der Waals surface area contributed by atoms with Gasteiger partial charge in [0.2, 0.25) is 0 Å². The van der Waals surface area contributed by atoms with Gasteiger partial charge in [0.25, 0.3) is 0 Å². The molecule has 98 valence electrons. The second-order valence-corrected chi connectivity index (χ2v) is 4.87. The number of hydrogen-bond donors (Lipinski definition) is 2. The van der Waals surface area contributed by atoms with Crippen LogP contribution in [0.2, 0.25) is 5.02 Å². The van der Waals surface area contributed by atoms with Crippen LogP contribution in [0.25, 0.3) is 0 Å². The Bertz CT molecular complexity index is 610. The van der Waals surface area contributed by atoms with Crippen molar-refractivity contribution < 1.29 is 15.0 Å². The van der Waals surface area contributed by atoms with E-state index in [4.69, 9.17) is 11.6 Å². The first kappa shape index (κ1) is 13.4. The summed E-state index contributed by atoms with van der Waals surface area (Å²) < 4.78 is 0. The minimum absolute atomic E-state index is 0.0637. The van der Waals surface area contributed by atoms with Gasteiger partial charge in [0.1, 0.15) is 11.2 Å². The lowest BCUT2D eigenvalue weighted by Crippen LogP contribution is -2.33. The third-order valence-corrected chi connectivity index (χ3v) is 3.61. The summed E-state index contributed by atoms with van der Waals surface area (Å²) in [5.74, 6) is -1.04. The van der Waals surface area contributed by atoms with Gasteiger partial charge in [-0.3, -0.25) is 4.79 Å². The summed E-state index contributed by atoms with van der Waals surface area (Å²) in [7, 11) is 0. The molecule has 0 aromatic heterocycles. The molecular weight excluding hydrogens is 264 g/mol. The summed E-state index contributed by atoms with van der Waals surface area (Å²) in [6.45, 7) is 1.62. The number of aromatic hydroxyl groups is 1. The molecule has 0 heterocycles. The number of phenols is 1. The maximum absolute atomic E-state index is 11.7. The molecule has 1 atom stereocenters. The van der Waals surface area contributed by atoms with Crippen molar-refractivity contribution in [1.29, 1.82) is 0 Å². The Labute approximate surface area is 116 Å². The lowest BCUT2D eigenvalue weighted by atomic mass is 9.76. The Morgan fingerprint density at radius 1 is 1.11 bits per heavy atom. The van der Waals surface area contributed by atoms with E-state index in [-0.39, 0.29) is 10.8 Å². The van der Waals surface area contributed by atoms with Crippen molar-refractivity contribution in [3.05, 3.63) is 64.7 Å². The fraction of sp³-hybridized carbons (Fsp3) is 0.133. The monoisotopic (exact) mass is 276 g/mol. The van der Waals surface area contributed by atoms with Crippen molar-refractivity contribution >= 4 is 17.6 Å². The molecule has 0 radical (unpaired) electrons. The number of hydrogen-bond acceptors (Lipinski definition) is 2. The predicted molar refractivity (Wildman–Crippen MR) is 73.6 cm³/mol. The average molecular weight is 277 g/mol. The molecule has 0 aliphatic carbocycles. The smallest absolute Gasteiger partial charge is 0.318 e. The van der Waals surface area contributed by atoms with E-state index in [2.05, 4.69) is 0 Å². The molecule has 0 bridgehead atoms. The molecule has 2 N–H and O–H groups in total. The largest absolute Gasteiger partial charge is 0.506 e. The first-order valence-electron chi connectivity index (χ1n) is 5.74. The van der Waals surface area contributed by atoms with Crippen LogP contribution in [0, 0.1) is 0 Å². The first-order valence-corrected chi connectivity index (χ1v) is 6.12. The Kier molecular flexibility index (Phi) is 3.49. The van der Waals surface area contributed by atoms with Crippen molar-refractivity contribution in [2.75, 3.05) is 0 Å². The Hall–Kier alpha value is -2.00. The SMILES string of the molecule is CC(C(=O)O)(c1ccccc1)c1ccc(O)c(Cl)c1. The van der Waals surface area contributed by atoms with Crippen LogP contribution >= 0.6 is 11.6 Å². The third-order valence-electron chi connectivity index (χ3n) is 3.30. The second-order valence-electron chi connectivity index (χ2n) is 4.46. The van der Waals surface area contributed by atoms with E-state index in [0.717, 1.165) is 0 Å². The van der Waals surface area contributed by atoms with Crippen LogP contribution in [0.4, 0.5) is 0 Å². The molecule has 3 nitrogen and oxygen atoms in total. The summed E-state index contributed by atoms with van der Waals surface area (Å²) in [4.78, 5) is 11.7. The van der Waals surface area contributed by atoms with Gasteiger partial charge in [0, 0.05) is 0 Å². The Balaban J connectivity index is 2.63. The number of aliphatic carboxylic acids is 1. The third kappa shape index (κ3) is 2.29. The van der Waals surface area contributed by atoms with Gasteiger partial charge >= 0.3 is 5.97 Å². The van der Waals surface area contributed by atoms with E-state index in [0.29, 0.717) is 11.1 Å². The van der Waals surface area contributed by atoms with E-state index in [1.807, 2.05) is 6.07 Å². The van der Waals surface area contributed by atoms with Crippen molar-refractivity contribution in [3.63, 3.8) is 0 Å². The fourth-order valence-corrected chi connectivity index (χ4v) is 2.18. The number of carboxylic acid groups (broad SMARTS) is 1. The summed E-state index contributed by atoms with van der Waals surface area (Å²) in [5.41, 5.74) is -0.0308. The van der Waals surface area contributed by atoms with Gasteiger partial charge in [-0.2, -0.15) is 0 Å². The summed E-state index contributed by atoms with van der Waals surface area (Å²) in [6, 6.07) is 13.4. The minimum Gasteiger partial charge on any atom is -0.506 e. The Morgan fingerprint density at radius 3 is 2.26 bits per heavy atom. The molecule has 19 heavy (non-hydrogen) atoms. The fourth-order valence-electron chi connectivity index (χ4n) is 2.00. The van der Waals surface area contributed by atoms with E-state index in [1.165, 1.54) is 12.1 Å². The van der Waals surface area contributed by atoms with Crippen LogP contribution in [0.1, 0.15) is 18.1 Å². The zero-order valence-electron chi connectivity index (χ0n) is 10.3. The number of benzene rings is 2. The molecule has 4 heteroatoms. The van der Waals surface area contributed by atoms with Gasteiger partial charge in [-0.05, 0) is 30.2 Å². The van der Waals surface area contributed by atoms with Gasteiger partial charge in [-0.1, -0.05) is 48.0 Å². The maximum atomic E-state index is 11.7. The van der Waals surface area contributed by atoms with Crippen LogP contribution in [0.5, 0.6) is 5.75 Å². The van der Waals surface area contributed by atoms with Crippen molar-refractivity contribution in [2.45, 2.75) is 12.3 Å². The topological polar surface area (TPSA) is 57.5 Å². The standard InChI is InChI=1S/C15H13ClO3/c1-15(14(18)19,10-5-3-2-4-6-10)11-7-8-13(17)12(16)9-11/h2-9,17H,1H3,(H,18,19). The van der Waals surface area contributed by atoms with Gasteiger partial charge in [-0.25, -0.2) is 0 Å². The first-order chi connectivity index (χ1) is 8.96. The summed E-state index contributed by atoms with van der Waals surface area (Å²) >= 11 is 5.87. The molecule has 2 aromatic rings. The highest BCUT2D eigenvalue weighted by atomic mass is 35.5. The maximum Gasteiger partial charge on any atom is 0.318 e. The molecule has 0 aliphatic heterocycles. The molecule has 0 amide bonds. The highest BCUT2D eigenvalue weighted by molar-refractivity contribution is 6.32. The molecule has 2 rings (SSSR count). The van der Waals surface area contributed by atoms with E-state index >= 15 is 0 Å². The number of carboxylic acids is 1. The minimum atomic E-state index is -1.21. The van der Waals surface area contributed by atoms with E-state index in [9.17, 15) is 15.0 Å². The highest BCUT2D eigenvalue weighted by Crippen LogP contribution is 2.35. The van der Waals surface area contributed by atoms with Crippen LogP contribution in [-0.2, 0) is 10.2 Å². The average Bonchev–Trinajstić information content (AvgIpc) is 2.41. The zero-order chi connectivity index (χ0) is 14.0. The van der Waals surface area contributed by atoms with Crippen LogP contribution < -0.4 is 0 Å². The number of halogens is 1. The molecule has 0 aliphatic rings. The van der Waals surface area contributed by atoms with Gasteiger partial charge in [-0.15, -0.1) is 0 Å². The Morgan fingerprint density at radius 2 is 1.74 bits per heavy atom.